The summed E-state index contributed by atoms with van der Waals surface area (Å²) in [6, 6.07) is 15.3. The summed E-state index contributed by atoms with van der Waals surface area (Å²) in [6.07, 6.45) is 0. The molecular weight excluding hydrogens is 475 g/mol. The first-order valence-corrected chi connectivity index (χ1v) is 12.1. The van der Waals surface area contributed by atoms with Crippen molar-refractivity contribution in [1.29, 1.82) is 0 Å². The number of nitrogens with zero attached hydrogens (tertiary/aromatic N) is 2. The maximum Gasteiger partial charge on any atom is 0.344 e. The van der Waals surface area contributed by atoms with Crippen molar-refractivity contribution in [1.82, 2.24) is 4.90 Å². The highest BCUT2D eigenvalue weighted by atomic mass is 19.1. The van der Waals surface area contributed by atoms with Crippen LogP contribution in [0.3, 0.4) is 0 Å². The fraction of sp³-hybridized carbons (Fsp3) is 0.276. The molecule has 192 valence electrons. The summed E-state index contributed by atoms with van der Waals surface area (Å²) in [5.41, 5.74) is 3.36. The number of hydrogen-bond donors (Lipinski definition) is 1. The monoisotopic (exact) mass is 504 g/mol. The van der Waals surface area contributed by atoms with E-state index >= 15 is 0 Å². The Labute approximate surface area is 214 Å². The number of phenols is 1. The van der Waals surface area contributed by atoms with Crippen molar-refractivity contribution in [3.05, 3.63) is 82.0 Å². The van der Waals surface area contributed by atoms with Gasteiger partial charge in [-0.2, -0.15) is 0 Å². The Kier molecular flexibility index (Phi) is 6.76. The van der Waals surface area contributed by atoms with Crippen LogP contribution in [0.5, 0.6) is 17.2 Å². The van der Waals surface area contributed by atoms with Crippen molar-refractivity contribution < 1.29 is 23.4 Å². The van der Waals surface area contributed by atoms with Crippen molar-refractivity contribution >= 4 is 16.7 Å². The van der Waals surface area contributed by atoms with Gasteiger partial charge in [-0.3, -0.25) is 4.90 Å². The van der Waals surface area contributed by atoms with Crippen LogP contribution >= 0.6 is 0 Å². The van der Waals surface area contributed by atoms with E-state index in [4.69, 9.17) is 13.9 Å². The molecule has 1 aliphatic heterocycles. The Bertz CT molecular complexity index is 1490. The molecule has 3 aromatic carbocycles. The molecule has 1 fully saturated rings. The standard InChI is InChI=1S/C29H29FN2O5/c1-18-22-9-10-24(33)23(17-31-12-14-32(15-13-31)21-7-5-20(30)6-8-21)28(22)37-29(34)27(18)19-4-11-25(35-2)26(16-19)36-3/h4-11,16,33H,12-15,17H2,1-3H3. The van der Waals surface area contributed by atoms with Gasteiger partial charge in [-0.15, -0.1) is 0 Å². The van der Waals surface area contributed by atoms with Gasteiger partial charge >= 0.3 is 5.63 Å². The van der Waals surface area contributed by atoms with Crippen LogP contribution in [0.25, 0.3) is 22.1 Å². The summed E-state index contributed by atoms with van der Waals surface area (Å²) < 4.78 is 29.9. The Hall–Kier alpha value is -4.04. The largest absolute Gasteiger partial charge is 0.507 e. The summed E-state index contributed by atoms with van der Waals surface area (Å²) in [4.78, 5) is 17.6. The number of halogens is 1. The van der Waals surface area contributed by atoms with Crippen molar-refractivity contribution in [2.75, 3.05) is 45.3 Å². The number of methoxy groups -OCH3 is 2. The van der Waals surface area contributed by atoms with Gasteiger partial charge < -0.3 is 23.9 Å². The third-order valence-electron chi connectivity index (χ3n) is 7.03. The molecule has 0 saturated carbocycles. The van der Waals surface area contributed by atoms with Gasteiger partial charge in [-0.1, -0.05) is 6.07 Å². The zero-order valence-corrected chi connectivity index (χ0v) is 21.1. The second-order valence-corrected chi connectivity index (χ2v) is 9.14. The maximum absolute atomic E-state index is 13.3. The van der Waals surface area contributed by atoms with Crippen LogP contribution in [0.15, 0.2) is 63.8 Å². The van der Waals surface area contributed by atoms with Crippen LogP contribution in [0.2, 0.25) is 0 Å². The first-order chi connectivity index (χ1) is 17.9. The molecule has 0 bridgehead atoms. The molecule has 5 rings (SSSR count). The first kappa shape index (κ1) is 24.6. The van der Waals surface area contributed by atoms with E-state index in [1.165, 1.54) is 12.1 Å². The third kappa shape index (κ3) is 4.72. The van der Waals surface area contributed by atoms with Gasteiger partial charge in [-0.05, 0) is 66.6 Å². The van der Waals surface area contributed by atoms with Crippen LogP contribution in [-0.2, 0) is 6.54 Å². The highest BCUT2D eigenvalue weighted by Crippen LogP contribution is 2.36. The Balaban J connectivity index is 1.44. The molecule has 7 nitrogen and oxygen atoms in total. The average molecular weight is 505 g/mol. The molecular formula is C29H29FN2O5. The number of rotatable bonds is 6. The van der Waals surface area contributed by atoms with Gasteiger partial charge in [0.2, 0.25) is 0 Å². The molecule has 0 atom stereocenters. The lowest BCUT2D eigenvalue weighted by molar-refractivity contribution is 0.246. The van der Waals surface area contributed by atoms with Crippen LogP contribution in [-0.4, -0.2) is 50.4 Å². The van der Waals surface area contributed by atoms with E-state index in [9.17, 15) is 14.3 Å². The minimum absolute atomic E-state index is 0.0925. The van der Waals surface area contributed by atoms with E-state index in [1.54, 1.807) is 56.7 Å². The molecule has 37 heavy (non-hydrogen) atoms. The van der Waals surface area contributed by atoms with E-state index in [0.29, 0.717) is 40.3 Å². The Morgan fingerprint density at radius 2 is 1.65 bits per heavy atom. The third-order valence-corrected chi connectivity index (χ3v) is 7.03. The van der Waals surface area contributed by atoms with Gasteiger partial charge in [0.15, 0.2) is 11.5 Å². The number of benzene rings is 3. The minimum Gasteiger partial charge on any atom is -0.507 e. The lowest BCUT2D eigenvalue weighted by Crippen LogP contribution is -2.46. The second-order valence-electron chi connectivity index (χ2n) is 9.14. The van der Waals surface area contributed by atoms with Crippen molar-refractivity contribution in [2.45, 2.75) is 13.5 Å². The molecule has 0 unspecified atom stereocenters. The van der Waals surface area contributed by atoms with Gasteiger partial charge in [0.1, 0.15) is 17.1 Å². The molecule has 0 amide bonds. The Morgan fingerprint density at radius 1 is 0.946 bits per heavy atom. The highest BCUT2D eigenvalue weighted by Gasteiger charge is 2.23. The smallest absolute Gasteiger partial charge is 0.344 e. The van der Waals surface area contributed by atoms with Crippen molar-refractivity contribution in [2.24, 2.45) is 0 Å². The summed E-state index contributed by atoms with van der Waals surface area (Å²) in [5, 5.41) is 11.5. The van der Waals surface area contributed by atoms with Crippen LogP contribution in [0.1, 0.15) is 11.1 Å². The Morgan fingerprint density at radius 3 is 2.32 bits per heavy atom. The number of fused-ring (bicyclic) bond motifs is 1. The molecule has 0 aliphatic carbocycles. The topological polar surface area (TPSA) is 75.4 Å². The van der Waals surface area contributed by atoms with E-state index < -0.39 is 5.63 Å². The highest BCUT2D eigenvalue weighted by molar-refractivity contribution is 5.90. The number of phenolic OH excluding ortho intramolecular Hbond substituents is 1. The maximum atomic E-state index is 13.3. The van der Waals surface area contributed by atoms with Gasteiger partial charge in [-0.25, -0.2) is 9.18 Å². The second kappa shape index (κ2) is 10.1. The van der Waals surface area contributed by atoms with Gasteiger partial charge in [0, 0.05) is 43.8 Å². The van der Waals surface area contributed by atoms with Crippen LogP contribution in [0, 0.1) is 12.7 Å². The van der Waals surface area contributed by atoms with Gasteiger partial charge in [0.25, 0.3) is 0 Å². The van der Waals surface area contributed by atoms with E-state index in [1.807, 2.05) is 6.92 Å². The molecule has 4 aromatic rings. The summed E-state index contributed by atoms with van der Waals surface area (Å²) in [6.45, 7) is 5.36. The average Bonchev–Trinajstić information content (AvgIpc) is 2.91. The lowest BCUT2D eigenvalue weighted by atomic mass is 9.97. The van der Waals surface area contributed by atoms with Crippen molar-refractivity contribution in [3.8, 4) is 28.4 Å². The molecule has 0 radical (unpaired) electrons. The first-order valence-electron chi connectivity index (χ1n) is 12.1. The quantitative estimate of drug-likeness (QED) is 0.372. The molecule has 0 spiro atoms. The summed E-state index contributed by atoms with van der Waals surface area (Å²) in [7, 11) is 3.11. The van der Waals surface area contributed by atoms with Gasteiger partial charge in [0.05, 0.1) is 25.3 Å². The molecule has 8 heteroatoms. The normalized spacial score (nSPS) is 14.2. The van der Waals surface area contributed by atoms with Crippen LogP contribution < -0.4 is 20.0 Å². The number of piperazine rings is 1. The predicted octanol–water partition coefficient (Wildman–Crippen LogP) is 4.95. The predicted molar refractivity (Wildman–Crippen MR) is 141 cm³/mol. The zero-order chi connectivity index (χ0) is 26.1. The fourth-order valence-corrected chi connectivity index (χ4v) is 4.98. The van der Waals surface area contributed by atoms with E-state index in [-0.39, 0.29) is 11.6 Å². The molecule has 1 aromatic heterocycles. The SMILES string of the molecule is COc1ccc(-c2c(C)c3ccc(O)c(CN4CCN(c5ccc(F)cc5)CC4)c3oc2=O)cc1OC. The number of anilines is 1. The molecule has 2 heterocycles. The van der Waals surface area contributed by atoms with E-state index in [2.05, 4.69) is 9.80 Å². The van der Waals surface area contributed by atoms with Crippen LogP contribution in [0.4, 0.5) is 10.1 Å². The summed E-state index contributed by atoms with van der Waals surface area (Å²) >= 11 is 0. The van der Waals surface area contributed by atoms with E-state index in [0.717, 1.165) is 42.8 Å². The zero-order valence-electron chi connectivity index (χ0n) is 21.1. The van der Waals surface area contributed by atoms with Crippen molar-refractivity contribution in [3.63, 3.8) is 0 Å². The molecule has 1 aliphatic rings. The lowest BCUT2D eigenvalue weighted by Gasteiger charge is -2.36. The number of hydrogen-bond acceptors (Lipinski definition) is 7. The summed E-state index contributed by atoms with van der Waals surface area (Å²) in [5.74, 6) is 0.931. The fourth-order valence-electron chi connectivity index (χ4n) is 4.98. The molecule has 1 saturated heterocycles. The number of ether oxygens (including phenoxy) is 2. The molecule has 1 N–H and O–H groups in total. The number of aromatic hydroxyl groups is 1. The minimum atomic E-state index is -0.481. The number of aryl methyl sites for hydroxylation is 1.